The molecule has 2 aromatic rings. The summed E-state index contributed by atoms with van der Waals surface area (Å²) in [5, 5.41) is 13.5. The molecule has 0 radical (unpaired) electrons. The van der Waals surface area contributed by atoms with Crippen LogP contribution in [-0.4, -0.2) is 30.0 Å². The normalized spacial score (nSPS) is 10.0. The molecule has 0 saturated heterocycles. The van der Waals surface area contributed by atoms with Gasteiger partial charge in [0.1, 0.15) is 5.75 Å². The summed E-state index contributed by atoms with van der Waals surface area (Å²) in [4.78, 5) is 34.0. The molecule has 0 unspecified atom stereocenters. The SMILES string of the molecule is CCOc1ccc(NC(=O)COC(=O)Cc2ccccc2[N+](=O)[O-])cc1. The van der Waals surface area contributed by atoms with E-state index in [9.17, 15) is 19.7 Å². The summed E-state index contributed by atoms with van der Waals surface area (Å²) in [6.07, 6.45) is -0.284. The summed E-state index contributed by atoms with van der Waals surface area (Å²) in [7, 11) is 0. The number of nitrogens with one attached hydrogen (secondary N) is 1. The molecule has 2 aromatic carbocycles. The third kappa shape index (κ3) is 5.59. The highest BCUT2D eigenvalue weighted by atomic mass is 16.6. The zero-order valence-electron chi connectivity index (χ0n) is 14.1. The third-order valence-corrected chi connectivity index (χ3v) is 3.34. The second-order valence-corrected chi connectivity index (χ2v) is 5.23. The number of amides is 1. The van der Waals surface area contributed by atoms with E-state index in [1.165, 1.54) is 18.2 Å². The van der Waals surface area contributed by atoms with Crippen molar-refractivity contribution < 1.29 is 24.0 Å². The first-order valence-electron chi connectivity index (χ1n) is 7.90. The molecule has 1 amide bonds. The smallest absolute Gasteiger partial charge is 0.311 e. The van der Waals surface area contributed by atoms with Gasteiger partial charge in [-0.15, -0.1) is 0 Å². The van der Waals surface area contributed by atoms with Gasteiger partial charge in [-0.1, -0.05) is 18.2 Å². The Morgan fingerprint density at radius 2 is 1.81 bits per heavy atom. The zero-order chi connectivity index (χ0) is 18.9. The average Bonchev–Trinajstić information content (AvgIpc) is 2.62. The fourth-order valence-corrected chi connectivity index (χ4v) is 2.19. The van der Waals surface area contributed by atoms with Gasteiger partial charge in [-0.05, 0) is 31.2 Å². The van der Waals surface area contributed by atoms with Crippen LogP contribution in [0.2, 0.25) is 0 Å². The Kier molecular flexibility index (Phi) is 6.67. The van der Waals surface area contributed by atoms with Crippen molar-refractivity contribution in [3.63, 3.8) is 0 Å². The summed E-state index contributed by atoms with van der Waals surface area (Å²) >= 11 is 0. The molecule has 8 nitrogen and oxygen atoms in total. The van der Waals surface area contributed by atoms with E-state index in [-0.39, 0.29) is 17.7 Å². The molecule has 0 saturated carbocycles. The molecule has 1 N–H and O–H groups in total. The molecule has 0 aliphatic rings. The second-order valence-electron chi connectivity index (χ2n) is 5.23. The average molecular weight is 358 g/mol. The van der Waals surface area contributed by atoms with Crippen molar-refractivity contribution in [1.29, 1.82) is 0 Å². The first-order valence-corrected chi connectivity index (χ1v) is 7.90. The first kappa shape index (κ1) is 18.9. The molecule has 26 heavy (non-hydrogen) atoms. The number of rotatable bonds is 8. The summed E-state index contributed by atoms with van der Waals surface area (Å²) in [6, 6.07) is 12.6. The van der Waals surface area contributed by atoms with Crippen molar-refractivity contribution in [2.75, 3.05) is 18.5 Å². The van der Waals surface area contributed by atoms with Crippen LogP contribution in [0.4, 0.5) is 11.4 Å². The Bertz CT molecular complexity index is 789. The van der Waals surface area contributed by atoms with Crippen LogP contribution < -0.4 is 10.1 Å². The van der Waals surface area contributed by atoms with Crippen LogP contribution in [0.5, 0.6) is 5.75 Å². The maximum Gasteiger partial charge on any atom is 0.311 e. The number of esters is 1. The van der Waals surface area contributed by atoms with Crippen molar-refractivity contribution >= 4 is 23.3 Å². The first-order chi connectivity index (χ1) is 12.5. The number of carbonyl (C=O) groups excluding carboxylic acids is 2. The van der Waals surface area contributed by atoms with Gasteiger partial charge in [-0.2, -0.15) is 0 Å². The van der Waals surface area contributed by atoms with E-state index in [0.29, 0.717) is 18.0 Å². The molecule has 0 fully saturated rings. The van der Waals surface area contributed by atoms with Gasteiger partial charge >= 0.3 is 5.97 Å². The number of nitro benzene ring substituents is 1. The molecular formula is C18H18N2O6. The van der Waals surface area contributed by atoms with Crippen LogP contribution in [0.25, 0.3) is 0 Å². The number of anilines is 1. The molecule has 0 aromatic heterocycles. The lowest BCUT2D eigenvalue weighted by Crippen LogP contribution is -2.21. The van der Waals surface area contributed by atoms with E-state index in [1.54, 1.807) is 30.3 Å². The van der Waals surface area contributed by atoms with E-state index in [4.69, 9.17) is 9.47 Å². The molecule has 0 atom stereocenters. The Labute approximate surface area is 149 Å². The number of para-hydroxylation sites is 1. The third-order valence-electron chi connectivity index (χ3n) is 3.34. The highest BCUT2D eigenvalue weighted by molar-refractivity contribution is 5.93. The fourth-order valence-electron chi connectivity index (χ4n) is 2.19. The monoisotopic (exact) mass is 358 g/mol. The molecular weight excluding hydrogens is 340 g/mol. The zero-order valence-corrected chi connectivity index (χ0v) is 14.1. The minimum Gasteiger partial charge on any atom is -0.494 e. The maximum absolute atomic E-state index is 11.8. The van der Waals surface area contributed by atoms with Crippen LogP contribution in [0.1, 0.15) is 12.5 Å². The molecule has 0 aliphatic carbocycles. The molecule has 2 rings (SSSR count). The van der Waals surface area contributed by atoms with Crippen LogP contribution in [0.15, 0.2) is 48.5 Å². The molecule has 136 valence electrons. The number of benzene rings is 2. The van der Waals surface area contributed by atoms with Gasteiger partial charge in [0.15, 0.2) is 6.61 Å². The largest absolute Gasteiger partial charge is 0.494 e. The number of hydrogen-bond acceptors (Lipinski definition) is 6. The number of nitrogens with zero attached hydrogens (tertiary/aromatic N) is 1. The van der Waals surface area contributed by atoms with Gasteiger partial charge in [-0.25, -0.2) is 0 Å². The van der Waals surface area contributed by atoms with Crippen molar-refractivity contribution in [2.24, 2.45) is 0 Å². The Balaban J connectivity index is 1.83. The fraction of sp³-hybridized carbons (Fsp3) is 0.222. The molecule has 0 spiro atoms. The lowest BCUT2D eigenvalue weighted by atomic mass is 10.1. The van der Waals surface area contributed by atoms with E-state index < -0.39 is 23.4 Å². The topological polar surface area (TPSA) is 108 Å². The van der Waals surface area contributed by atoms with Gasteiger partial charge in [0.2, 0.25) is 0 Å². The van der Waals surface area contributed by atoms with Crippen LogP contribution >= 0.6 is 0 Å². The minimum atomic E-state index is -0.721. The van der Waals surface area contributed by atoms with Crippen molar-refractivity contribution in [1.82, 2.24) is 0 Å². The van der Waals surface area contributed by atoms with Gasteiger partial charge < -0.3 is 14.8 Å². The number of nitro groups is 1. The highest BCUT2D eigenvalue weighted by Gasteiger charge is 2.17. The molecule has 8 heteroatoms. The van der Waals surface area contributed by atoms with Crippen molar-refractivity contribution in [2.45, 2.75) is 13.3 Å². The Morgan fingerprint density at radius 3 is 2.46 bits per heavy atom. The summed E-state index contributed by atoms with van der Waals surface area (Å²) in [5.41, 5.74) is 0.603. The second kappa shape index (κ2) is 9.16. The summed E-state index contributed by atoms with van der Waals surface area (Å²) in [5.74, 6) is -0.549. The molecule has 0 bridgehead atoms. The summed E-state index contributed by atoms with van der Waals surface area (Å²) < 4.78 is 10.2. The molecule has 0 heterocycles. The molecule has 0 aliphatic heterocycles. The lowest BCUT2D eigenvalue weighted by Gasteiger charge is -2.08. The van der Waals surface area contributed by atoms with Crippen LogP contribution in [-0.2, 0) is 20.7 Å². The number of hydrogen-bond donors (Lipinski definition) is 1. The number of carbonyl (C=O) groups is 2. The minimum absolute atomic E-state index is 0.164. The Hall–Kier alpha value is -3.42. The predicted octanol–water partition coefficient (Wildman–Crippen LogP) is 2.72. The van der Waals surface area contributed by atoms with Gasteiger partial charge in [0, 0.05) is 17.3 Å². The maximum atomic E-state index is 11.8. The van der Waals surface area contributed by atoms with E-state index in [1.807, 2.05) is 6.92 Å². The Morgan fingerprint density at radius 1 is 1.12 bits per heavy atom. The summed E-state index contributed by atoms with van der Waals surface area (Å²) in [6.45, 7) is 1.93. The van der Waals surface area contributed by atoms with Gasteiger partial charge in [0.05, 0.1) is 18.0 Å². The van der Waals surface area contributed by atoms with Crippen LogP contribution in [0.3, 0.4) is 0 Å². The lowest BCUT2D eigenvalue weighted by molar-refractivity contribution is -0.385. The van der Waals surface area contributed by atoms with Crippen molar-refractivity contribution in [3.05, 3.63) is 64.2 Å². The van der Waals surface area contributed by atoms with E-state index in [0.717, 1.165) is 0 Å². The van der Waals surface area contributed by atoms with Crippen molar-refractivity contribution in [3.8, 4) is 5.75 Å². The quantitative estimate of drug-likeness (QED) is 0.442. The predicted molar refractivity (Wildman–Crippen MR) is 94.0 cm³/mol. The highest BCUT2D eigenvalue weighted by Crippen LogP contribution is 2.18. The van der Waals surface area contributed by atoms with Gasteiger partial charge in [-0.3, -0.25) is 19.7 Å². The van der Waals surface area contributed by atoms with E-state index >= 15 is 0 Å². The van der Waals surface area contributed by atoms with Crippen LogP contribution in [0, 0.1) is 10.1 Å². The van der Waals surface area contributed by atoms with Gasteiger partial charge in [0.25, 0.3) is 11.6 Å². The van der Waals surface area contributed by atoms with E-state index in [2.05, 4.69) is 5.32 Å². The number of ether oxygens (including phenoxy) is 2. The standard InChI is InChI=1S/C18H18N2O6/c1-2-25-15-9-7-14(8-10-15)19-17(21)12-26-18(22)11-13-5-3-4-6-16(13)20(23)24/h3-10H,2,11-12H2,1H3,(H,19,21).